The van der Waals surface area contributed by atoms with Gasteiger partial charge in [0, 0.05) is 26.9 Å². The van der Waals surface area contributed by atoms with Crippen molar-refractivity contribution in [2.75, 3.05) is 13.2 Å². The van der Waals surface area contributed by atoms with E-state index in [-0.39, 0.29) is 0 Å². The summed E-state index contributed by atoms with van der Waals surface area (Å²) < 4.78 is 7.13. The fourth-order valence-electron chi connectivity index (χ4n) is 2.77. The van der Waals surface area contributed by atoms with Crippen LogP contribution in [0.2, 0.25) is 0 Å². The number of nitrogens with one attached hydrogen (secondary N) is 1. The highest BCUT2D eigenvalue weighted by atomic mass is 79.9. The molecule has 1 aromatic rings. The Morgan fingerprint density at radius 2 is 2.35 bits per heavy atom. The molecule has 2 nitrogen and oxygen atoms in total. The van der Waals surface area contributed by atoms with Gasteiger partial charge in [-0.15, -0.1) is 11.3 Å². The quantitative estimate of drug-likeness (QED) is 0.721. The lowest BCUT2D eigenvalue weighted by Crippen LogP contribution is -2.25. The monoisotopic (exact) mass is 359 g/mol. The summed E-state index contributed by atoms with van der Waals surface area (Å²) in [5.41, 5.74) is 0. The molecular weight excluding hydrogens is 334 g/mol. The number of thiophene rings is 1. The van der Waals surface area contributed by atoms with E-state index in [1.807, 2.05) is 11.3 Å². The van der Waals surface area contributed by atoms with E-state index in [9.17, 15) is 0 Å². The third kappa shape index (κ3) is 4.83. The molecule has 4 heteroatoms. The van der Waals surface area contributed by atoms with Crippen LogP contribution in [0.1, 0.15) is 61.2 Å². The second-order valence-corrected chi connectivity index (χ2v) is 7.78. The van der Waals surface area contributed by atoms with Gasteiger partial charge in [-0.2, -0.15) is 0 Å². The first kappa shape index (κ1) is 16.5. The molecule has 20 heavy (non-hydrogen) atoms. The molecule has 2 rings (SSSR count). The molecule has 1 aliphatic rings. The number of hydrogen-bond acceptors (Lipinski definition) is 3. The summed E-state index contributed by atoms with van der Waals surface area (Å²) in [7, 11) is 0. The smallest absolute Gasteiger partial charge is 0.0575 e. The standard InChI is InChI=1S/C16H26BrNOS/c1-3-9-18-15(16-14(17)11-12(2)20-16)8-7-13-6-4-5-10-19-13/h11,13,15,18H,3-10H2,1-2H3. The van der Waals surface area contributed by atoms with E-state index in [1.165, 1.54) is 52.8 Å². The zero-order chi connectivity index (χ0) is 14.4. The fourth-order valence-corrected chi connectivity index (χ4v) is 4.81. The van der Waals surface area contributed by atoms with Crippen LogP contribution < -0.4 is 5.32 Å². The lowest BCUT2D eigenvalue weighted by molar-refractivity contribution is 0.00859. The second-order valence-electron chi connectivity index (χ2n) is 5.64. The molecule has 0 bridgehead atoms. The van der Waals surface area contributed by atoms with Crippen LogP contribution >= 0.6 is 27.3 Å². The second kappa shape index (κ2) is 8.52. The lowest BCUT2D eigenvalue weighted by Gasteiger charge is -2.25. The first-order valence-corrected chi connectivity index (χ1v) is 9.42. The highest BCUT2D eigenvalue weighted by Crippen LogP contribution is 2.35. The Kier molecular flexibility index (Phi) is 7.02. The van der Waals surface area contributed by atoms with Crippen molar-refractivity contribution in [1.82, 2.24) is 5.32 Å². The van der Waals surface area contributed by atoms with Crippen molar-refractivity contribution in [2.45, 2.75) is 64.5 Å². The largest absolute Gasteiger partial charge is 0.378 e. The van der Waals surface area contributed by atoms with Gasteiger partial charge in [-0.05, 0) is 74.0 Å². The van der Waals surface area contributed by atoms with E-state index < -0.39 is 0 Å². The van der Waals surface area contributed by atoms with Crippen molar-refractivity contribution in [3.05, 3.63) is 20.3 Å². The van der Waals surface area contributed by atoms with Crippen LogP contribution in [0.15, 0.2) is 10.5 Å². The number of hydrogen-bond donors (Lipinski definition) is 1. The normalized spacial score (nSPS) is 21.1. The molecule has 1 fully saturated rings. The van der Waals surface area contributed by atoms with Crippen LogP contribution in [0.5, 0.6) is 0 Å². The zero-order valence-corrected chi connectivity index (χ0v) is 15.0. The van der Waals surface area contributed by atoms with E-state index in [0.717, 1.165) is 13.2 Å². The van der Waals surface area contributed by atoms with Crippen LogP contribution in [-0.4, -0.2) is 19.3 Å². The minimum Gasteiger partial charge on any atom is -0.378 e. The molecule has 1 saturated heterocycles. The van der Waals surface area contributed by atoms with E-state index in [1.54, 1.807) is 0 Å². The molecule has 0 saturated carbocycles. The maximum absolute atomic E-state index is 5.87. The Morgan fingerprint density at radius 1 is 1.50 bits per heavy atom. The Balaban J connectivity index is 1.94. The Labute approximate surface area is 135 Å². The zero-order valence-electron chi connectivity index (χ0n) is 12.6. The fraction of sp³-hybridized carbons (Fsp3) is 0.750. The van der Waals surface area contributed by atoms with Crippen molar-refractivity contribution in [3.63, 3.8) is 0 Å². The van der Waals surface area contributed by atoms with Gasteiger partial charge in [0.1, 0.15) is 0 Å². The van der Waals surface area contributed by atoms with Crippen LogP contribution in [-0.2, 0) is 4.74 Å². The molecule has 1 aliphatic heterocycles. The van der Waals surface area contributed by atoms with Gasteiger partial charge in [-0.3, -0.25) is 0 Å². The molecule has 0 aromatic carbocycles. The van der Waals surface area contributed by atoms with Crippen molar-refractivity contribution < 1.29 is 4.74 Å². The molecule has 1 aromatic heterocycles. The van der Waals surface area contributed by atoms with Gasteiger partial charge in [-0.25, -0.2) is 0 Å². The van der Waals surface area contributed by atoms with Crippen molar-refractivity contribution >= 4 is 27.3 Å². The van der Waals surface area contributed by atoms with Gasteiger partial charge < -0.3 is 10.1 Å². The lowest BCUT2D eigenvalue weighted by atomic mass is 10.0. The Morgan fingerprint density at radius 3 is 2.95 bits per heavy atom. The topological polar surface area (TPSA) is 21.3 Å². The van der Waals surface area contributed by atoms with E-state index in [4.69, 9.17) is 4.74 Å². The van der Waals surface area contributed by atoms with Crippen LogP contribution in [0.25, 0.3) is 0 Å². The van der Waals surface area contributed by atoms with Gasteiger partial charge >= 0.3 is 0 Å². The van der Waals surface area contributed by atoms with Crippen molar-refractivity contribution in [2.24, 2.45) is 0 Å². The molecule has 0 spiro atoms. The highest BCUT2D eigenvalue weighted by Gasteiger charge is 2.20. The summed E-state index contributed by atoms with van der Waals surface area (Å²) in [6.45, 7) is 6.45. The van der Waals surface area contributed by atoms with Gasteiger partial charge in [0.05, 0.1) is 6.10 Å². The number of ether oxygens (including phenoxy) is 1. The minimum atomic E-state index is 0.466. The maximum atomic E-state index is 5.87. The summed E-state index contributed by atoms with van der Waals surface area (Å²) in [4.78, 5) is 2.83. The molecule has 2 unspecified atom stereocenters. The van der Waals surface area contributed by atoms with Crippen molar-refractivity contribution in [3.8, 4) is 0 Å². The molecular formula is C16H26BrNOS. The van der Waals surface area contributed by atoms with Crippen LogP contribution in [0.3, 0.4) is 0 Å². The summed E-state index contributed by atoms with van der Waals surface area (Å²) in [6.07, 6.45) is 7.82. The van der Waals surface area contributed by atoms with Gasteiger partial charge in [0.2, 0.25) is 0 Å². The Bertz CT molecular complexity index is 401. The molecule has 0 amide bonds. The third-order valence-electron chi connectivity index (χ3n) is 3.84. The number of aryl methyl sites for hydroxylation is 1. The van der Waals surface area contributed by atoms with E-state index in [0.29, 0.717) is 12.1 Å². The van der Waals surface area contributed by atoms with Gasteiger partial charge in [0.25, 0.3) is 0 Å². The van der Waals surface area contributed by atoms with Gasteiger partial charge in [-0.1, -0.05) is 6.92 Å². The summed E-state index contributed by atoms with van der Waals surface area (Å²) in [5.74, 6) is 0. The third-order valence-corrected chi connectivity index (χ3v) is 5.93. The summed E-state index contributed by atoms with van der Waals surface area (Å²) in [6, 6.07) is 2.70. The van der Waals surface area contributed by atoms with Crippen LogP contribution in [0, 0.1) is 6.92 Å². The summed E-state index contributed by atoms with van der Waals surface area (Å²) >= 11 is 5.62. The molecule has 114 valence electrons. The molecule has 0 radical (unpaired) electrons. The van der Waals surface area contributed by atoms with E-state index in [2.05, 4.69) is 41.2 Å². The number of halogens is 1. The SMILES string of the molecule is CCCNC(CCC1CCCCO1)c1sc(C)cc1Br. The molecule has 1 N–H and O–H groups in total. The highest BCUT2D eigenvalue weighted by molar-refractivity contribution is 9.10. The summed E-state index contributed by atoms with van der Waals surface area (Å²) in [5, 5.41) is 3.70. The average Bonchev–Trinajstić information content (AvgIpc) is 2.79. The predicted molar refractivity (Wildman–Crippen MR) is 90.6 cm³/mol. The molecule has 2 atom stereocenters. The minimum absolute atomic E-state index is 0.466. The first-order valence-electron chi connectivity index (χ1n) is 7.81. The van der Waals surface area contributed by atoms with Crippen LogP contribution in [0.4, 0.5) is 0 Å². The number of rotatable bonds is 7. The molecule has 0 aliphatic carbocycles. The van der Waals surface area contributed by atoms with E-state index >= 15 is 0 Å². The maximum Gasteiger partial charge on any atom is 0.0575 e. The first-order chi connectivity index (χ1) is 9.70. The average molecular weight is 360 g/mol. The van der Waals surface area contributed by atoms with Crippen molar-refractivity contribution in [1.29, 1.82) is 0 Å². The van der Waals surface area contributed by atoms with Gasteiger partial charge in [0.15, 0.2) is 0 Å². The Hall–Kier alpha value is 0.100. The molecule has 2 heterocycles. The predicted octanol–water partition coefficient (Wildman–Crippen LogP) is 5.21.